The minimum Gasteiger partial charge on any atom is -0.360 e. The summed E-state index contributed by atoms with van der Waals surface area (Å²) in [5.41, 5.74) is -1.05. The predicted molar refractivity (Wildman–Crippen MR) is 86.2 cm³/mol. The number of alkyl halides is 3. The Hall–Kier alpha value is -2.88. The van der Waals surface area contributed by atoms with E-state index >= 15 is 0 Å². The molecule has 0 bridgehead atoms. The van der Waals surface area contributed by atoms with E-state index in [2.05, 4.69) is 9.97 Å². The molecule has 0 atom stereocenters. The highest BCUT2D eigenvalue weighted by molar-refractivity contribution is 7.92. The van der Waals surface area contributed by atoms with Crippen molar-refractivity contribution in [2.75, 3.05) is 4.72 Å². The lowest BCUT2D eigenvalue weighted by Gasteiger charge is -2.10. The van der Waals surface area contributed by atoms with E-state index in [-0.39, 0.29) is 4.90 Å². The van der Waals surface area contributed by atoms with E-state index in [1.807, 2.05) is 4.72 Å². The zero-order valence-corrected chi connectivity index (χ0v) is 13.7. The van der Waals surface area contributed by atoms with Crippen LogP contribution in [-0.2, 0) is 16.2 Å². The fraction of sp³-hybridized carbons (Fsp3) is 0.0625. The Morgan fingerprint density at radius 2 is 1.77 bits per heavy atom. The van der Waals surface area contributed by atoms with Crippen LogP contribution in [0, 0.1) is 5.82 Å². The van der Waals surface area contributed by atoms with Crippen LogP contribution in [0.2, 0.25) is 0 Å². The molecule has 26 heavy (non-hydrogen) atoms. The molecule has 1 aromatic carbocycles. The van der Waals surface area contributed by atoms with Gasteiger partial charge in [0.05, 0.1) is 11.9 Å². The van der Waals surface area contributed by atoms with E-state index in [1.165, 1.54) is 6.07 Å². The number of hydrogen-bond acceptors (Lipinski definition) is 3. The van der Waals surface area contributed by atoms with Gasteiger partial charge in [-0.05, 0) is 17.7 Å². The second-order valence-electron chi connectivity index (χ2n) is 5.27. The summed E-state index contributed by atoms with van der Waals surface area (Å²) in [6.45, 7) is 0. The van der Waals surface area contributed by atoms with Gasteiger partial charge >= 0.3 is 6.18 Å². The fourth-order valence-electron chi connectivity index (χ4n) is 2.19. The lowest BCUT2D eigenvalue weighted by atomic mass is 10.2. The summed E-state index contributed by atoms with van der Waals surface area (Å²) in [7, 11) is -4.30. The monoisotopic (exact) mass is 385 g/mol. The van der Waals surface area contributed by atoms with Crippen molar-refractivity contribution >= 4 is 15.7 Å². The molecule has 2 N–H and O–H groups in total. The van der Waals surface area contributed by atoms with Crippen LogP contribution in [0.1, 0.15) is 5.69 Å². The second-order valence-corrected chi connectivity index (χ2v) is 6.95. The van der Waals surface area contributed by atoms with Gasteiger partial charge in [0.25, 0.3) is 10.0 Å². The maximum absolute atomic E-state index is 13.7. The highest BCUT2D eigenvalue weighted by Crippen LogP contribution is 2.31. The molecule has 0 spiro atoms. The molecule has 0 saturated heterocycles. The van der Waals surface area contributed by atoms with Gasteiger partial charge < -0.3 is 4.98 Å². The fourth-order valence-corrected chi connectivity index (χ4v) is 3.24. The van der Waals surface area contributed by atoms with Crippen molar-refractivity contribution in [1.29, 1.82) is 0 Å². The van der Waals surface area contributed by atoms with Gasteiger partial charge in [-0.15, -0.1) is 0 Å². The molecule has 0 aliphatic rings. The van der Waals surface area contributed by atoms with E-state index in [4.69, 9.17) is 0 Å². The van der Waals surface area contributed by atoms with E-state index < -0.39 is 33.4 Å². The quantitative estimate of drug-likeness (QED) is 0.666. The topological polar surface area (TPSA) is 74.8 Å². The van der Waals surface area contributed by atoms with Crippen LogP contribution < -0.4 is 4.72 Å². The first-order chi connectivity index (χ1) is 12.2. The third-order valence-electron chi connectivity index (χ3n) is 3.44. The molecule has 3 aromatic rings. The van der Waals surface area contributed by atoms with Crippen molar-refractivity contribution < 1.29 is 26.0 Å². The molecule has 10 heteroatoms. The summed E-state index contributed by atoms with van der Waals surface area (Å²) < 4.78 is 78.3. The molecular weight excluding hydrogens is 374 g/mol. The highest BCUT2D eigenvalue weighted by Gasteiger charge is 2.33. The average Bonchev–Trinajstić information content (AvgIpc) is 3.07. The number of halogens is 4. The third-order valence-corrected chi connectivity index (χ3v) is 4.79. The Balaban J connectivity index is 1.92. The first kappa shape index (κ1) is 17.9. The maximum atomic E-state index is 13.7. The molecule has 3 rings (SSSR count). The SMILES string of the molecule is O=S(=O)(Nc1cc(C(F)(F)F)ncc1F)c1c[nH]c(-c2ccccc2)c1. The third kappa shape index (κ3) is 3.69. The minimum absolute atomic E-state index is 0.249. The molecule has 0 unspecified atom stereocenters. The van der Waals surface area contributed by atoms with Crippen LogP contribution in [-0.4, -0.2) is 18.4 Å². The van der Waals surface area contributed by atoms with Crippen molar-refractivity contribution in [2.45, 2.75) is 11.1 Å². The van der Waals surface area contributed by atoms with Crippen LogP contribution in [0.3, 0.4) is 0 Å². The first-order valence-electron chi connectivity index (χ1n) is 7.16. The van der Waals surface area contributed by atoms with Crippen molar-refractivity contribution in [2.24, 2.45) is 0 Å². The van der Waals surface area contributed by atoms with Crippen LogP contribution >= 0.6 is 0 Å². The number of nitrogens with zero attached hydrogens (tertiary/aromatic N) is 1. The zero-order valence-electron chi connectivity index (χ0n) is 12.9. The Labute approximate surface area is 145 Å². The minimum atomic E-state index is -4.83. The molecular formula is C16H11F4N3O2S. The summed E-state index contributed by atoms with van der Waals surface area (Å²) in [4.78, 5) is 5.43. The number of rotatable bonds is 4. The Morgan fingerprint density at radius 3 is 2.42 bits per heavy atom. The van der Waals surface area contributed by atoms with Gasteiger partial charge in [-0.3, -0.25) is 4.72 Å². The Morgan fingerprint density at radius 1 is 1.08 bits per heavy atom. The lowest BCUT2D eigenvalue weighted by Crippen LogP contribution is -2.15. The molecule has 0 amide bonds. The summed E-state index contributed by atoms with van der Waals surface area (Å²) in [6, 6.07) is 10.4. The number of hydrogen-bond donors (Lipinski definition) is 2. The number of pyridine rings is 1. The Kier molecular flexibility index (Phi) is 4.45. The van der Waals surface area contributed by atoms with E-state index in [9.17, 15) is 26.0 Å². The molecule has 0 aliphatic heterocycles. The highest BCUT2D eigenvalue weighted by atomic mass is 32.2. The van der Waals surface area contributed by atoms with Gasteiger partial charge in [0.1, 0.15) is 10.6 Å². The van der Waals surface area contributed by atoms with Gasteiger partial charge in [-0.1, -0.05) is 30.3 Å². The molecule has 0 fully saturated rings. The van der Waals surface area contributed by atoms with Crippen molar-refractivity contribution in [1.82, 2.24) is 9.97 Å². The Bertz CT molecular complexity index is 1030. The summed E-state index contributed by atoms with van der Waals surface area (Å²) in [5.74, 6) is -1.22. The molecule has 2 aromatic heterocycles. The zero-order chi connectivity index (χ0) is 18.9. The van der Waals surface area contributed by atoms with Crippen LogP contribution in [0.25, 0.3) is 11.3 Å². The number of H-pyrrole nitrogens is 1. The van der Waals surface area contributed by atoms with E-state index in [1.54, 1.807) is 30.3 Å². The number of sulfonamides is 1. The standard InChI is InChI=1S/C16H11F4N3O2S/c17-12-9-22-15(16(18,19)20)7-14(12)23-26(24,25)11-6-13(21-8-11)10-4-2-1-3-5-10/h1-9,21H,(H,22,23). The van der Waals surface area contributed by atoms with Crippen molar-refractivity contribution in [3.8, 4) is 11.3 Å². The van der Waals surface area contributed by atoms with Gasteiger partial charge in [0.15, 0.2) is 5.82 Å². The first-order valence-corrected chi connectivity index (χ1v) is 8.64. The van der Waals surface area contributed by atoms with Crippen molar-refractivity contribution in [3.63, 3.8) is 0 Å². The largest absolute Gasteiger partial charge is 0.433 e. The number of aromatic amines is 1. The number of anilines is 1. The molecule has 5 nitrogen and oxygen atoms in total. The van der Waals surface area contributed by atoms with Gasteiger partial charge in [0.2, 0.25) is 0 Å². The van der Waals surface area contributed by atoms with Gasteiger partial charge in [-0.2, -0.15) is 13.2 Å². The van der Waals surface area contributed by atoms with Crippen LogP contribution in [0.15, 0.2) is 59.8 Å². The molecule has 0 aliphatic carbocycles. The lowest BCUT2D eigenvalue weighted by molar-refractivity contribution is -0.141. The van der Waals surface area contributed by atoms with Crippen LogP contribution in [0.4, 0.5) is 23.2 Å². The smallest absolute Gasteiger partial charge is 0.360 e. The number of aromatic nitrogens is 2. The average molecular weight is 385 g/mol. The van der Waals surface area contributed by atoms with E-state index in [0.29, 0.717) is 23.5 Å². The molecule has 0 radical (unpaired) electrons. The number of benzene rings is 1. The van der Waals surface area contributed by atoms with E-state index in [0.717, 1.165) is 6.20 Å². The summed E-state index contributed by atoms with van der Waals surface area (Å²) in [5, 5.41) is 0. The molecule has 2 heterocycles. The van der Waals surface area contributed by atoms with Crippen LogP contribution in [0.5, 0.6) is 0 Å². The predicted octanol–water partition coefficient (Wildman–Crippen LogP) is 4.04. The molecule has 0 saturated carbocycles. The maximum Gasteiger partial charge on any atom is 0.433 e. The van der Waals surface area contributed by atoms with Gasteiger partial charge in [-0.25, -0.2) is 17.8 Å². The second kappa shape index (κ2) is 6.45. The van der Waals surface area contributed by atoms with Gasteiger partial charge in [0, 0.05) is 11.9 Å². The van der Waals surface area contributed by atoms with Crippen molar-refractivity contribution in [3.05, 3.63) is 66.4 Å². The molecule has 136 valence electrons. The normalized spacial score (nSPS) is 12.2. The summed E-state index contributed by atoms with van der Waals surface area (Å²) >= 11 is 0. The summed E-state index contributed by atoms with van der Waals surface area (Å²) in [6.07, 6.45) is -3.36. The number of nitrogens with one attached hydrogen (secondary N) is 2.